The molecule has 6 atom stereocenters. The van der Waals surface area contributed by atoms with Gasteiger partial charge in [0.05, 0.1) is 12.7 Å². The van der Waals surface area contributed by atoms with Gasteiger partial charge in [-0.3, -0.25) is 4.79 Å². The van der Waals surface area contributed by atoms with Crippen LogP contribution in [0, 0.1) is 34.5 Å². The van der Waals surface area contributed by atoms with Crippen molar-refractivity contribution in [3.8, 4) is 0 Å². The molecule has 0 heterocycles. The van der Waals surface area contributed by atoms with E-state index in [0.29, 0.717) is 30.3 Å². The molecule has 3 nitrogen and oxygen atoms in total. The molecular formula is C22H36O3. The summed E-state index contributed by atoms with van der Waals surface area (Å²) in [5, 5.41) is 11.0. The Morgan fingerprint density at radius 3 is 2.68 bits per heavy atom. The van der Waals surface area contributed by atoms with E-state index in [1.54, 1.807) is 0 Å². The molecule has 3 aliphatic carbocycles. The first-order valence-corrected chi connectivity index (χ1v) is 10.2. The molecule has 0 aromatic rings. The van der Waals surface area contributed by atoms with Crippen molar-refractivity contribution in [2.75, 3.05) is 6.61 Å². The number of rotatable bonds is 3. The van der Waals surface area contributed by atoms with Crippen molar-refractivity contribution in [1.82, 2.24) is 0 Å². The van der Waals surface area contributed by atoms with Crippen molar-refractivity contribution < 1.29 is 14.6 Å². The van der Waals surface area contributed by atoms with E-state index in [0.717, 1.165) is 19.3 Å². The van der Waals surface area contributed by atoms with Crippen molar-refractivity contribution in [3.63, 3.8) is 0 Å². The topological polar surface area (TPSA) is 46.5 Å². The van der Waals surface area contributed by atoms with Gasteiger partial charge in [0.2, 0.25) is 0 Å². The Morgan fingerprint density at radius 1 is 1.32 bits per heavy atom. The summed E-state index contributed by atoms with van der Waals surface area (Å²) in [4.78, 5) is 11.4. The van der Waals surface area contributed by atoms with Gasteiger partial charge in [0, 0.05) is 12.3 Å². The van der Waals surface area contributed by atoms with Crippen LogP contribution < -0.4 is 0 Å². The fraction of sp³-hybridized carbons (Fsp3) is 0.864. The van der Waals surface area contributed by atoms with Crippen LogP contribution in [-0.2, 0) is 9.53 Å². The number of hydrogen-bond acceptors (Lipinski definition) is 3. The van der Waals surface area contributed by atoms with Gasteiger partial charge in [-0.1, -0.05) is 40.2 Å². The van der Waals surface area contributed by atoms with Gasteiger partial charge in [-0.05, 0) is 66.8 Å². The molecule has 0 aliphatic heterocycles. The first kappa shape index (κ1) is 18.9. The molecule has 0 bridgehead atoms. The number of aliphatic hydroxyl groups excluding tert-OH is 1. The van der Waals surface area contributed by atoms with E-state index in [1.807, 2.05) is 0 Å². The molecular weight excluding hydrogens is 312 g/mol. The van der Waals surface area contributed by atoms with Gasteiger partial charge in [0.1, 0.15) is 0 Å². The molecule has 0 aromatic heterocycles. The third kappa shape index (κ3) is 3.18. The Hall–Kier alpha value is -0.830. The molecule has 3 aliphatic rings. The zero-order valence-corrected chi connectivity index (χ0v) is 16.7. The van der Waals surface area contributed by atoms with E-state index in [4.69, 9.17) is 4.74 Å². The predicted octanol–water partition coefficient (Wildman–Crippen LogP) is 4.74. The number of allylic oxidation sites excluding steroid dienone is 1. The summed E-state index contributed by atoms with van der Waals surface area (Å²) in [5.41, 5.74) is 1.60. The Morgan fingerprint density at radius 2 is 2.04 bits per heavy atom. The first-order valence-electron chi connectivity index (χ1n) is 10.2. The van der Waals surface area contributed by atoms with E-state index in [-0.39, 0.29) is 22.9 Å². The maximum absolute atomic E-state index is 11.4. The van der Waals surface area contributed by atoms with E-state index < -0.39 is 0 Å². The molecule has 0 aromatic carbocycles. The van der Waals surface area contributed by atoms with Crippen LogP contribution in [-0.4, -0.2) is 23.8 Å². The molecule has 3 rings (SSSR count). The van der Waals surface area contributed by atoms with Crippen LogP contribution in [0.1, 0.15) is 73.1 Å². The summed E-state index contributed by atoms with van der Waals surface area (Å²) in [6.45, 7) is 11.3. The predicted molar refractivity (Wildman–Crippen MR) is 99.9 cm³/mol. The van der Waals surface area contributed by atoms with E-state index in [2.05, 4.69) is 33.8 Å². The first-order chi connectivity index (χ1) is 11.7. The largest absolute Gasteiger partial charge is 0.465 e. The summed E-state index contributed by atoms with van der Waals surface area (Å²) < 4.78 is 5.48. The Labute approximate surface area is 153 Å². The Kier molecular flexibility index (Phi) is 5.09. The molecule has 0 radical (unpaired) electrons. The Balaban J connectivity index is 1.89. The number of ether oxygens (including phenoxy) is 1. The van der Waals surface area contributed by atoms with Gasteiger partial charge in [-0.2, -0.15) is 0 Å². The summed E-state index contributed by atoms with van der Waals surface area (Å²) in [6.07, 6.45) is 8.99. The van der Waals surface area contributed by atoms with Gasteiger partial charge in [0.15, 0.2) is 0 Å². The minimum absolute atomic E-state index is 0.0561. The smallest absolute Gasteiger partial charge is 0.302 e. The van der Waals surface area contributed by atoms with Crippen LogP contribution in [0.25, 0.3) is 0 Å². The molecule has 0 amide bonds. The molecule has 0 spiro atoms. The standard InChI is InChI=1S/C22H36O3/c1-14(2)16-7-9-18-17(20(16)24)8-10-19-21(4,13-25-15(3)23)11-6-12-22(18,19)5/h8,14,16,18-20,24H,6-7,9-13H2,1-5H3/t16-,18-,19-,20-,21-,22+/m0/s1. The zero-order chi connectivity index (χ0) is 18.4. The molecule has 2 saturated carbocycles. The highest BCUT2D eigenvalue weighted by Gasteiger charge is 2.56. The average Bonchev–Trinajstić information content (AvgIpc) is 2.53. The highest BCUT2D eigenvalue weighted by molar-refractivity contribution is 5.65. The molecule has 1 N–H and O–H groups in total. The lowest BCUT2D eigenvalue weighted by Crippen LogP contribution is -2.54. The number of hydrogen-bond donors (Lipinski definition) is 1. The number of aliphatic hydroxyl groups is 1. The zero-order valence-electron chi connectivity index (χ0n) is 16.7. The monoisotopic (exact) mass is 348 g/mol. The summed E-state index contributed by atoms with van der Waals surface area (Å²) in [6, 6.07) is 0. The maximum Gasteiger partial charge on any atom is 0.302 e. The van der Waals surface area contributed by atoms with E-state index in [1.165, 1.54) is 31.8 Å². The lowest BCUT2D eigenvalue weighted by Gasteiger charge is -2.59. The molecule has 0 saturated heterocycles. The van der Waals surface area contributed by atoms with Crippen molar-refractivity contribution in [1.29, 1.82) is 0 Å². The highest BCUT2D eigenvalue weighted by atomic mass is 16.5. The minimum atomic E-state index is -0.266. The van der Waals surface area contributed by atoms with E-state index >= 15 is 0 Å². The lowest BCUT2D eigenvalue weighted by molar-refractivity contribution is -0.152. The second kappa shape index (κ2) is 6.72. The molecule has 0 unspecified atom stereocenters. The molecule has 2 fully saturated rings. The van der Waals surface area contributed by atoms with Crippen molar-refractivity contribution in [3.05, 3.63) is 11.6 Å². The van der Waals surface area contributed by atoms with Gasteiger partial charge in [0.25, 0.3) is 0 Å². The second-order valence-electron chi connectivity index (χ2n) is 9.77. The number of esters is 1. The number of carbonyl (C=O) groups excluding carboxylic acids is 1. The van der Waals surface area contributed by atoms with Gasteiger partial charge < -0.3 is 9.84 Å². The normalized spacial score (nSPS) is 43.9. The highest BCUT2D eigenvalue weighted by Crippen LogP contribution is 2.62. The lowest BCUT2D eigenvalue weighted by atomic mass is 9.46. The minimum Gasteiger partial charge on any atom is -0.465 e. The van der Waals surface area contributed by atoms with Crippen molar-refractivity contribution in [2.45, 2.75) is 79.2 Å². The fourth-order valence-electron chi connectivity index (χ4n) is 6.49. The summed E-state index contributed by atoms with van der Waals surface area (Å²) in [5.74, 6) is 1.79. The summed E-state index contributed by atoms with van der Waals surface area (Å²) >= 11 is 0. The molecule has 142 valence electrons. The van der Waals surface area contributed by atoms with Gasteiger partial charge >= 0.3 is 5.97 Å². The van der Waals surface area contributed by atoms with Gasteiger partial charge in [-0.25, -0.2) is 0 Å². The van der Waals surface area contributed by atoms with Crippen molar-refractivity contribution >= 4 is 5.97 Å². The van der Waals surface area contributed by atoms with Gasteiger partial charge in [-0.15, -0.1) is 0 Å². The van der Waals surface area contributed by atoms with E-state index in [9.17, 15) is 9.90 Å². The molecule has 25 heavy (non-hydrogen) atoms. The maximum atomic E-state index is 11.4. The second-order valence-corrected chi connectivity index (χ2v) is 9.77. The van der Waals surface area contributed by atoms with Crippen LogP contribution in [0.5, 0.6) is 0 Å². The van der Waals surface area contributed by atoms with Crippen LogP contribution in [0.3, 0.4) is 0 Å². The van der Waals surface area contributed by atoms with Crippen LogP contribution in [0.4, 0.5) is 0 Å². The third-order valence-corrected chi connectivity index (χ3v) is 7.89. The molecule has 3 heteroatoms. The SMILES string of the molecule is CC(=O)OC[C@]1(C)CCC[C@]2(C)[C@H]3CC[C@@H](C(C)C)[C@H](O)C3=CC[C@@H]12. The number of fused-ring (bicyclic) bond motifs is 3. The quantitative estimate of drug-likeness (QED) is 0.592. The van der Waals surface area contributed by atoms with Crippen LogP contribution >= 0.6 is 0 Å². The summed E-state index contributed by atoms with van der Waals surface area (Å²) in [7, 11) is 0. The van der Waals surface area contributed by atoms with Crippen LogP contribution in [0.2, 0.25) is 0 Å². The fourth-order valence-corrected chi connectivity index (χ4v) is 6.49. The average molecular weight is 349 g/mol. The number of carbonyl (C=O) groups is 1. The Bertz CT molecular complexity index is 551. The van der Waals surface area contributed by atoms with Crippen molar-refractivity contribution in [2.24, 2.45) is 34.5 Å². The third-order valence-electron chi connectivity index (χ3n) is 7.89. The van der Waals surface area contributed by atoms with Crippen LogP contribution in [0.15, 0.2) is 11.6 Å².